The van der Waals surface area contributed by atoms with E-state index in [1.807, 2.05) is 6.07 Å². The van der Waals surface area contributed by atoms with Crippen LogP contribution in [0.25, 0.3) is 5.57 Å². The fraction of sp³-hybridized carbons (Fsp3) is 0.500. The predicted molar refractivity (Wildman–Crippen MR) is 78.0 cm³/mol. The van der Waals surface area contributed by atoms with E-state index < -0.39 is 0 Å². The molecule has 18 heavy (non-hydrogen) atoms. The molecule has 98 valence electrons. The maximum atomic E-state index is 6.12. The summed E-state index contributed by atoms with van der Waals surface area (Å²) in [6.45, 7) is 10.6. The first-order valence-corrected chi connectivity index (χ1v) is 6.75. The van der Waals surface area contributed by atoms with Crippen molar-refractivity contribution in [1.82, 2.24) is 0 Å². The molecule has 2 heteroatoms. The van der Waals surface area contributed by atoms with Crippen LogP contribution >= 0.6 is 11.6 Å². The first-order valence-electron chi connectivity index (χ1n) is 6.37. The molecule has 0 aromatic heterocycles. The van der Waals surface area contributed by atoms with E-state index >= 15 is 0 Å². The first-order chi connectivity index (χ1) is 8.19. The lowest BCUT2D eigenvalue weighted by atomic mass is 9.84. The van der Waals surface area contributed by atoms with Crippen molar-refractivity contribution in [2.75, 3.05) is 0 Å². The van der Waals surface area contributed by atoms with Gasteiger partial charge in [-0.3, -0.25) is 0 Å². The van der Waals surface area contributed by atoms with E-state index in [1.165, 1.54) is 16.7 Å². The highest BCUT2D eigenvalue weighted by molar-refractivity contribution is 6.30. The normalized spacial score (nSPS) is 21.6. The molecule has 0 saturated carbocycles. The summed E-state index contributed by atoms with van der Waals surface area (Å²) in [6.07, 6.45) is 3.13. The molecule has 0 amide bonds. The molecule has 0 N–H and O–H groups in total. The number of ether oxygens (including phenoxy) is 1. The van der Waals surface area contributed by atoms with Gasteiger partial charge in [-0.25, -0.2) is 0 Å². The minimum atomic E-state index is -0.230. The standard InChI is InChI=1S/C16H21ClO/c1-11-6-7-13(17)8-14(11)12-9-15(2,3)18-16(4,5)10-12/h6-9H,10H2,1-5H3. The highest BCUT2D eigenvalue weighted by Crippen LogP contribution is 2.39. The Hall–Kier alpha value is -0.790. The van der Waals surface area contributed by atoms with Crippen LogP contribution in [0.4, 0.5) is 0 Å². The van der Waals surface area contributed by atoms with E-state index in [-0.39, 0.29) is 11.2 Å². The molecular weight excluding hydrogens is 244 g/mol. The number of halogens is 1. The van der Waals surface area contributed by atoms with Gasteiger partial charge in [0.1, 0.15) is 0 Å². The predicted octanol–water partition coefficient (Wildman–Crippen LogP) is 5.01. The number of benzene rings is 1. The summed E-state index contributed by atoms with van der Waals surface area (Å²) >= 11 is 6.12. The van der Waals surface area contributed by atoms with Crippen LogP contribution in [0.2, 0.25) is 5.02 Å². The van der Waals surface area contributed by atoms with Crippen LogP contribution in [-0.2, 0) is 4.74 Å². The van der Waals surface area contributed by atoms with Crippen molar-refractivity contribution < 1.29 is 4.74 Å². The van der Waals surface area contributed by atoms with Crippen molar-refractivity contribution in [3.63, 3.8) is 0 Å². The average molecular weight is 265 g/mol. The molecule has 0 fully saturated rings. The topological polar surface area (TPSA) is 9.23 Å². The Morgan fingerprint density at radius 1 is 1.17 bits per heavy atom. The lowest BCUT2D eigenvalue weighted by Gasteiger charge is -2.40. The summed E-state index contributed by atoms with van der Waals surface area (Å²) in [5, 5.41) is 0.790. The van der Waals surface area contributed by atoms with E-state index in [1.54, 1.807) is 0 Å². The number of hydrogen-bond acceptors (Lipinski definition) is 1. The Kier molecular flexibility index (Phi) is 3.33. The van der Waals surface area contributed by atoms with E-state index in [0.717, 1.165) is 11.4 Å². The van der Waals surface area contributed by atoms with Gasteiger partial charge in [-0.2, -0.15) is 0 Å². The highest BCUT2D eigenvalue weighted by atomic mass is 35.5. The maximum Gasteiger partial charge on any atom is 0.0819 e. The summed E-state index contributed by atoms with van der Waals surface area (Å²) in [5.74, 6) is 0. The summed E-state index contributed by atoms with van der Waals surface area (Å²) in [4.78, 5) is 0. The highest BCUT2D eigenvalue weighted by Gasteiger charge is 2.34. The molecule has 0 aliphatic carbocycles. The number of aryl methyl sites for hydroxylation is 1. The summed E-state index contributed by atoms with van der Waals surface area (Å²) in [5.41, 5.74) is 3.47. The number of rotatable bonds is 1. The maximum absolute atomic E-state index is 6.12. The van der Waals surface area contributed by atoms with Gasteiger partial charge in [0, 0.05) is 11.4 Å². The molecule has 0 unspecified atom stereocenters. The van der Waals surface area contributed by atoms with Gasteiger partial charge in [0.15, 0.2) is 0 Å². The Morgan fingerprint density at radius 3 is 2.44 bits per heavy atom. The van der Waals surface area contributed by atoms with Crippen molar-refractivity contribution >= 4 is 17.2 Å². The fourth-order valence-corrected chi connectivity index (χ4v) is 2.99. The zero-order valence-corrected chi connectivity index (χ0v) is 12.6. The van der Waals surface area contributed by atoms with Gasteiger partial charge in [0.05, 0.1) is 11.2 Å². The smallest absolute Gasteiger partial charge is 0.0819 e. The lowest BCUT2D eigenvalue weighted by molar-refractivity contribution is -0.100. The van der Waals surface area contributed by atoms with Crippen molar-refractivity contribution in [1.29, 1.82) is 0 Å². The fourth-order valence-electron chi connectivity index (χ4n) is 2.82. The Labute approximate surface area is 115 Å². The summed E-state index contributed by atoms with van der Waals surface area (Å²) in [6, 6.07) is 6.07. The zero-order chi connectivity index (χ0) is 13.6. The third kappa shape index (κ3) is 2.96. The van der Waals surface area contributed by atoms with Crippen molar-refractivity contribution in [3.05, 3.63) is 40.4 Å². The van der Waals surface area contributed by atoms with Gasteiger partial charge >= 0.3 is 0 Å². The Balaban J connectivity index is 2.50. The van der Waals surface area contributed by atoms with Gasteiger partial charge in [0.2, 0.25) is 0 Å². The molecule has 1 aliphatic rings. The van der Waals surface area contributed by atoms with Crippen LogP contribution in [0.5, 0.6) is 0 Å². The van der Waals surface area contributed by atoms with E-state index in [2.05, 4.69) is 52.8 Å². The third-order valence-electron chi connectivity index (χ3n) is 3.22. The minimum absolute atomic E-state index is 0.137. The lowest BCUT2D eigenvalue weighted by Crippen LogP contribution is -2.39. The zero-order valence-electron chi connectivity index (χ0n) is 11.8. The monoisotopic (exact) mass is 264 g/mol. The van der Waals surface area contributed by atoms with Crippen LogP contribution in [0.3, 0.4) is 0 Å². The minimum Gasteiger partial charge on any atom is -0.365 e. The quantitative estimate of drug-likeness (QED) is 0.693. The van der Waals surface area contributed by atoms with Gasteiger partial charge in [-0.15, -0.1) is 0 Å². The van der Waals surface area contributed by atoms with Crippen molar-refractivity contribution in [3.8, 4) is 0 Å². The second-order valence-corrected chi connectivity index (χ2v) is 6.71. The third-order valence-corrected chi connectivity index (χ3v) is 3.46. The van der Waals surface area contributed by atoms with Crippen LogP contribution in [0.1, 0.15) is 45.2 Å². The van der Waals surface area contributed by atoms with E-state index in [9.17, 15) is 0 Å². The molecular formula is C16H21ClO. The second-order valence-electron chi connectivity index (χ2n) is 6.27. The van der Waals surface area contributed by atoms with E-state index in [0.29, 0.717) is 0 Å². The van der Waals surface area contributed by atoms with Crippen LogP contribution in [0, 0.1) is 6.92 Å². The van der Waals surface area contributed by atoms with Crippen molar-refractivity contribution in [2.24, 2.45) is 0 Å². The molecule has 0 atom stereocenters. The van der Waals surface area contributed by atoms with Crippen LogP contribution in [0.15, 0.2) is 24.3 Å². The average Bonchev–Trinajstić information content (AvgIpc) is 2.17. The molecule has 0 bridgehead atoms. The van der Waals surface area contributed by atoms with Crippen LogP contribution < -0.4 is 0 Å². The molecule has 1 aromatic carbocycles. The van der Waals surface area contributed by atoms with E-state index in [4.69, 9.17) is 16.3 Å². The molecule has 1 nitrogen and oxygen atoms in total. The molecule has 0 spiro atoms. The SMILES string of the molecule is Cc1ccc(Cl)cc1C1=CC(C)(C)OC(C)(C)C1. The Morgan fingerprint density at radius 2 is 1.83 bits per heavy atom. The molecule has 0 saturated heterocycles. The summed E-state index contributed by atoms with van der Waals surface area (Å²) < 4.78 is 6.07. The first kappa shape index (κ1) is 13.6. The van der Waals surface area contributed by atoms with Gasteiger partial charge < -0.3 is 4.74 Å². The molecule has 0 radical (unpaired) electrons. The van der Waals surface area contributed by atoms with Gasteiger partial charge in [-0.1, -0.05) is 17.7 Å². The molecule has 1 aromatic rings. The Bertz CT molecular complexity index is 498. The van der Waals surface area contributed by atoms with Gasteiger partial charge in [0.25, 0.3) is 0 Å². The molecule has 1 aliphatic heterocycles. The van der Waals surface area contributed by atoms with Gasteiger partial charge in [-0.05, 0) is 69.5 Å². The molecule has 2 rings (SSSR count). The second kappa shape index (κ2) is 4.40. The van der Waals surface area contributed by atoms with Crippen LogP contribution in [-0.4, -0.2) is 11.2 Å². The molecule has 1 heterocycles. The number of hydrogen-bond donors (Lipinski definition) is 0. The summed E-state index contributed by atoms with van der Waals surface area (Å²) in [7, 11) is 0. The van der Waals surface area contributed by atoms with Crippen molar-refractivity contribution in [2.45, 2.75) is 52.2 Å². The largest absolute Gasteiger partial charge is 0.365 e.